The van der Waals surface area contributed by atoms with Crippen LogP contribution in [0.3, 0.4) is 0 Å². The maximum Gasteiger partial charge on any atom is 0.296 e. The number of aryl methyl sites for hydroxylation is 2. The van der Waals surface area contributed by atoms with Gasteiger partial charge in [0.15, 0.2) is 0 Å². The zero-order chi connectivity index (χ0) is 18.5. The molecule has 0 bridgehead atoms. The van der Waals surface area contributed by atoms with Crippen LogP contribution in [0.2, 0.25) is 0 Å². The van der Waals surface area contributed by atoms with Gasteiger partial charge in [-0.1, -0.05) is 24.3 Å². The second-order valence-corrected chi connectivity index (χ2v) is 8.77. The third-order valence-corrected chi connectivity index (χ3v) is 5.94. The summed E-state index contributed by atoms with van der Waals surface area (Å²) in [5.41, 5.74) is 1.61. The lowest BCUT2D eigenvalue weighted by molar-refractivity contribution is 0.254. The van der Waals surface area contributed by atoms with Crippen LogP contribution in [0, 0.1) is 13.8 Å². The van der Waals surface area contributed by atoms with Gasteiger partial charge in [-0.2, -0.15) is 16.8 Å². The quantitative estimate of drug-likeness (QED) is 0.514. The maximum atomic E-state index is 12.0. The highest BCUT2D eigenvalue weighted by molar-refractivity contribution is 7.87. The molecule has 0 atom stereocenters. The molecule has 0 radical (unpaired) electrons. The van der Waals surface area contributed by atoms with Crippen molar-refractivity contribution in [2.24, 2.45) is 0 Å². The summed E-state index contributed by atoms with van der Waals surface area (Å²) in [4.78, 5) is 0.140. The van der Waals surface area contributed by atoms with Crippen LogP contribution in [0.4, 0.5) is 0 Å². The summed E-state index contributed by atoms with van der Waals surface area (Å²) in [5, 5.41) is 0. The minimum Gasteiger partial charge on any atom is -0.266 e. The molecule has 2 rings (SSSR count). The molecule has 0 saturated heterocycles. The molecule has 0 amide bonds. The molecule has 8 heteroatoms. The first-order chi connectivity index (χ1) is 11.7. The topological polar surface area (TPSA) is 86.7 Å². The van der Waals surface area contributed by atoms with Crippen molar-refractivity contribution in [2.45, 2.75) is 30.1 Å². The molecule has 136 valence electrons. The van der Waals surface area contributed by atoms with Gasteiger partial charge in [-0.15, -0.1) is 0 Å². The zero-order valence-electron chi connectivity index (χ0n) is 14.0. The van der Waals surface area contributed by atoms with Crippen LogP contribution in [-0.2, 0) is 28.6 Å². The Bertz CT molecular complexity index is 856. The molecule has 2 aromatic rings. The molecule has 2 aromatic carbocycles. The minimum absolute atomic E-state index is 0.0702. The van der Waals surface area contributed by atoms with Crippen LogP contribution in [0.15, 0.2) is 58.3 Å². The highest BCUT2D eigenvalue weighted by Gasteiger charge is 2.17. The fourth-order valence-corrected chi connectivity index (χ4v) is 4.17. The van der Waals surface area contributed by atoms with Crippen molar-refractivity contribution in [3.05, 3.63) is 59.7 Å². The van der Waals surface area contributed by atoms with Crippen molar-refractivity contribution < 1.29 is 25.2 Å². The van der Waals surface area contributed by atoms with Gasteiger partial charge in [0.05, 0.1) is 23.0 Å². The van der Waals surface area contributed by atoms with Gasteiger partial charge in [-0.25, -0.2) is 0 Å². The van der Waals surface area contributed by atoms with Crippen molar-refractivity contribution in [3.63, 3.8) is 0 Å². The summed E-state index contributed by atoms with van der Waals surface area (Å²) in [6.07, 6.45) is 0.121. The van der Waals surface area contributed by atoms with Crippen molar-refractivity contribution in [3.8, 4) is 0 Å². The second kappa shape index (κ2) is 8.09. The van der Waals surface area contributed by atoms with Gasteiger partial charge >= 0.3 is 0 Å². The smallest absolute Gasteiger partial charge is 0.266 e. The molecule has 0 spiro atoms. The maximum absolute atomic E-state index is 12.0. The molecule has 0 aliphatic rings. The van der Waals surface area contributed by atoms with Crippen molar-refractivity contribution in [1.82, 2.24) is 0 Å². The largest absolute Gasteiger partial charge is 0.296 e. The Labute approximate surface area is 148 Å². The third-order valence-electron chi connectivity index (χ3n) is 3.32. The van der Waals surface area contributed by atoms with Crippen molar-refractivity contribution in [2.75, 3.05) is 13.2 Å². The van der Waals surface area contributed by atoms with Crippen LogP contribution in [-0.4, -0.2) is 30.0 Å². The molecule has 0 fully saturated rings. The summed E-state index contributed by atoms with van der Waals surface area (Å²) in [5.74, 6) is 0. The number of benzene rings is 2. The third kappa shape index (κ3) is 5.64. The minimum atomic E-state index is -3.86. The van der Waals surface area contributed by atoms with Crippen LogP contribution in [0.1, 0.15) is 17.5 Å². The Morgan fingerprint density at radius 1 is 0.720 bits per heavy atom. The normalized spacial score (nSPS) is 12.2. The first-order valence-electron chi connectivity index (χ1n) is 7.63. The second-order valence-electron chi connectivity index (χ2n) is 5.54. The van der Waals surface area contributed by atoms with E-state index < -0.39 is 20.2 Å². The zero-order valence-corrected chi connectivity index (χ0v) is 15.6. The summed E-state index contributed by atoms with van der Waals surface area (Å²) in [7, 11) is -7.72. The average Bonchev–Trinajstić information content (AvgIpc) is 2.54. The van der Waals surface area contributed by atoms with Gasteiger partial charge in [-0.05, 0) is 55.7 Å². The summed E-state index contributed by atoms with van der Waals surface area (Å²) in [6.45, 7) is 3.23. The van der Waals surface area contributed by atoms with Crippen molar-refractivity contribution >= 4 is 20.2 Å². The van der Waals surface area contributed by atoms with E-state index >= 15 is 0 Å². The predicted octanol–water partition coefficient (Wildman–Crippen LogP) is 2.80. The SMILES string of the molecule is Cc1cccc(S(=O)(=O)OCCCOS(=O)(=O)c2cccc(C)c2)c1. The monoisotopic (exact) mass is 384 g/mol. The van der Waals surface area contributed by atoms with Gasteiger partial charge in [0.1, 0.15) is 0 Å². The van der Waals surface area contributed by atoms with E-state index in [0.29, 0.717) is 0 Å². The van der Waals surface area contributed by atoms with E-state index in [0.717, 1.165) is 11.1 Å². The van der Waals surface area contributed by atoms with Gasteiger partial charge < -0.3 is 0 Å². The fraction of sp³-hybridized carbons (Fsp3) is 0.294. The molecule has 0 N–H and O–H groups in total. The summed E-state index contributed by atoms with van der Waals surface area (Å²) < 4.78 is 57.9. The Morgan fingerprint density at radius 3 is 1.48 bits per heavy atom. The lowest BCUT2D eigenvalue weighted by atomic mass is 10.2. The van der Waals surface area contributed by atoms with Crippen molar-refractivity contribution in [1.29, 1.82) is 0 Å². The van der Waals surface area contributed by atoms with E-state index in [4.69, 9.17) is 8.37 Å². The van der Waals surface area contributed by atoms with Gasteiger partial charge in [0, 0.05) is 0 Å². The fourth-order valence-electron chi connectivity index (χ4n) is 2.07. The molecule has 25 heavy (non-hydrogen) atoms. The number of hydrogen-bond donors (Lipinski definition) is 0. The average molecular weight is 384 g/mol. The highest BCUT2D eigenvalue weighted by Crippen LogP contribution is 2.16. The lowest BCUT2D eigenvalue weighted by Crippen LogP contribution is -2.12. The van der Waals surface area contributed by atoms with Crippen LogP contribution in [0.25, 0.3) is 0 Å². The van der Waals surface area contributed by atoms with Crippen LogP contribution >= 0.6 is 0 Å². The first kappa shape index (κ1) is 19.6. The summed E-state index contributed by atoms with van der Waals surface area (Å²) >= 11 is 0. The molecule has 0 heterocycles. The van der Waals surface area contributed by atoms with E-state index in [9.17, 15) is 16.8 Å². The number of hydrogen-bond acceptors (Lipinski definition) is 6. The predicted molar refractivity (Wildman–Crippen MR) is 93.3 cm³/mol. The van der Waals surface area contributed by atoms with Gasteiger partial charge in [0.25, 0.3) is 20.2 Å². The van der Waals surface area contributed by atoms with Crippen LogP contribution < -0.4 is 0 Å². The molecular weight excluding hydrogens is 364 g/mol. The first-order valence-corrected chi connectivity index (χ1v) is 10.4. The standard InChI is InChI=1S/C17H20O6S2/c1-14-6-3-8-16(12-14)24(18,19)22-10-5-11-23-25(20,21)17-9-4-7-15(2)13-17/h3-4,6-9,12-13H,5,10-11H2,1-2H3. The molecule has 0 unspecified atom stereocenters. The molecular formula is C17H20O6S2. The Kier molecular flexibility index (Phi) is 6.34. The van der Waals surface area contributed by atoms with Crippen LogP contribution in [0.5, 0.6) is 0 Å². The molecule has 0 aliphatic heterocycles. The van der Waals surface area contributed by atoms with Gasteiger partial charge in [0.2, 0.25) is 0 Å². The van der Waals surface area contributed by atoms with Gasteiger partial charge in [-0.3, -0.25) is 8.37 Å². The lowest BCUT2D eigenvalue weighted by Gasteiger charge is -2.08. The molecule has 6 nitrogen and oxygen atoms in total. The number of rotatable bonds is 8. The van der Waals surface area contributed by atoms with E-state index in [1.807, 2.05) is 0 Å². The summed E-state index contributed by atoms with van der Waals surface area (Å²) in [6, 6.07) is 12.7. The van der Waals surface area contributed by atoms with E-state index in [1.54, 1.807) is 38.1 Å². The molecule has 0 aromatic heterocycles. The Balaban J connectivity index is 1.85. The molecule has 0 aliphatic carbocycles. The van der Waals surface area contributed by atoms with E-state index in [1.165, 1.54) is 24.3 Å². The highest BCUT2D eigenvalue weighted by atomic mass is 32.2. The van der Waals surface area contributed by atoms with E-state index in [-0.39, 0.29) is 29.4 Å². The van der Waals surface area contributed by atoms with E-state index in [2.05, 4.69) is 0 Å². The molecule has 0 saturated carbocycles. The Morgan fingerprint density at radius 2 is 1.12 bits per heavy atom. The Hall–Kier alpha value is -1.74.